The molecule has 1 saturated heterocycles. The molecule has 1 fully saturated rings. The standard InChI is InChI=1S/C17H26N2O3S/c1-3-14(12-20)18-8-10-19(11-9-18)17(22)7-5-15(21)16-6-4-13(2)23-16/h4,6,14,20H,3,5,7-12H2,1-2H3. The SMILES string of the molecule is CCC(CO)N1CCN(C(=O)CCC(=O)c2ccc(C)s2)CC1. The van der Waals surface area contributed by atoms with Gasteiger partial charge in [0, 0.05) is 49.9 Å². The molecule has 1 amide bonds. The molecule has 128 valence electrons. The molecule has 1 N–H and O–H groups in total. The summed E-state index contributed by atoms with van der Waals surface area (Å²) < 4.78 is 0. The van der Waals surface area contributed by atoms with Crippen molar-refractivity contribution in [3.63, 3.8) is 0 Å². The molecule has 0 aliphatic carbocycles. The van der Waals surface area contributed by atoms with Crippen molar-refractivity contribution in [2.24, 2.45) is 0 Å². The largest absolute Gasteiger partial charge is 0.395 e. The Labute approximate surface area is 141 Å². The highest BCUT2D eigenvalue weighted by Gasteiger charge is 2.25. The van der Waals surface area contributed by atoms with Crippen LogP contribution in [0.2, 0.25) is 0 Å². The Morgan fingerprint density at radius 3 is 2.43 bits per heavy atom. The van der Waals surface area contributed by atoms with E-state index >= 15 is 0 Å². The maximum absolute atomic E-state index is 12.3. The maximum atomic E-state index is 12.3. The van der Waals surface area contributed by atoms with E-state index in [1.807, 2.05) is 24.0 Å². The van der Waals surface area contributed by atoms with Crippen LogP contribution in [0.4, 0.5) is 0 Å². The summed E-state index contributed by atoms with van der Waals surface area (Å²) in [5.74, 6) is 0.115. The van der Waals surface area contributed by atoms with Crippen molar-refractivity contribution in [3.05, 3.63) is 21.9 Å². The summed E-state index contributed by atoms with van der Waals surface area (Å²) in [5, 5.41) is 9.35. The highest BCUT2D eigenvalue weighted by molar-refractivity contribution is 7.14. The van der Waals surface area contributed by atoms with Crippen molar-refractivity contribution in [3.8, 4) is 0 Å². The number of piperazine rings is 1. The molecule has 0 bridgehead atoms. The van der Waals surface area contributed by atoms with Crippen LogP contribution in [0.25, 0.3) is 0 Å². The van der Waals surface area contributed by atoms with E-state index in [2.05, 4.69) is 11.8 Å². The van der Waals surface area contributed by atoms with Gasteiger partial charge in [0.05, 0.1) is 11.5 Å². The molecule has 1 aromatic heterocycles. The number of Topliss-reactive ketones (excluding diaryl/α,β-unsaturated/α-hetero) is 1. The van der Waals surface area contributed by atoms with Crippen LogP contribution in [0.1, 0.15) is 40.7 Å². The van der Waals surface area contributed by atoms with Gasteiger partial charge in [0.25, 0.3) is 0 Å². The topological polar surface area (TPSA) is 60.9 Å². The molecule has 1 aliphatic heterocycles. The number of hydrogen-bond acceptors (Lipinski definition) is 5. The minimum absolute atomic E-state index is 0.0569. The fourth-order valence-electron chi connectivity index (χ4n) is 2.93. The summed E-state index contributed by atoms with van der Waals surface area (Å²) in [6.45, 7) is 7.16. The third kappa shape index (κ3) is 4.86. The normalized spacial score (nSPS) is 17.3. The summed E-state index contributed by atoms with van der Waals surface area (Å²) in [7, 11) is 0. The monoisotopic (exact) mass is 338 g/mol. The number of thiophene rings is 1. The van der Waals surface area contributed by atoms with Crippen molar-refractivity contribution in [1.82, 2.24) is 9.80 Å². The van der Waals surface area contributed by atoms with E-state index in [9.17, 15) is 14.7 Å². The first-order valence-electron chi connectivity index (χ1n) is 8.27. The van der Waals surface area contributed by atoms with Crippen molar-refractivity contribution >= 4 is 23.0 Å². The van der Waals surface area contributed by atoms with Gasteiger partial charge in [-0.3, -0.25) is 14.5 Å². The number of nitrogens with zero attached hydrogens (tertiary/aromatic N) is 2. The fourth-order valence-corrected chi connectivity index (χ4v) is 3.76. The molecule has 0 aromatic carbocycles. The van der Waals surface area contributed by atoms with Crippen LogP contribution in [0.15, 0.2) is 12.1 Å². The average molecular weight is 338 g/mol. The Morgan fingerprint density at radius 2 is 1.91 bits per heavy atom. The van der Waals surface area contributed by atoms with Gasteiger partial charge in [0.1, 0.15) is 0 Å². The molecule has 0 radical (unpaired) electrons. The van der Waals surface area contributed by atoms with Crippen LogP contribution < -0.4 is 0 Å². The summed E-state index contributed by atoms with van der Waals surface area (Å²) in [4.78, 5) is 30.3. The van der Waals surface area contributed by atoms with Crippen molar-refractivity contribution in [2.75, 3.05) is 32.8 Å². The zero-order chi connectivity index (χ0) is 16.8. The lowest BCUT2D eigenvalue weighted by atomic mass is 10.1. The van der Waals surface area contributed by atoms with Crippen molar-refractivity contribution in [1.29, 1.82) is 0 Å². The van der Waals surface area contributed by atoms with Crippen LogP contribution >= 0.6 is 11.3 Å². The summed E-state index contributed by atoms with van der Waals surface area (Å²) in [6, 6.07) is 3.96. The van der Waals surface area contributed by atoms with Gasteiger partial charge >= 0.3 is 0 Å². The minimum atomic E-state index is 0.0569. The molecule has 6 heteroatoms. The van der Waals surface area contributed by atoms with E-state index in [-0.39, 0.29) is 37.2 Å². The Bertz CT molecular complexity index is 532. The predicted molar refractivity (Wildman–Crippen MR) is 91.9 cm³/mol. The van der Waals surface area contributed by atoms with Gasteiger partial charge in [-0.1, -0.05) is 6.92 Å². The second-order valence-electron chi connectivity index (χ2n) is 5.99. The molecule has 0 spiro atoms. The van der Waals surface area contributed by atoms with Gasteiger partial charge in [-0.25, -0.2) is 0 Å². The second kappa shape index (κ2) is 8.57. The van der Waals surface area contributed by atoms with Crippen LogP contribution in [0.5, 0.6) is 0 Å². The Balaban J connectivity index is 1.76. The first kappa shape index (κ1) is 18.1. The Kier molecular flexibility index (Phi) is 6.74. The lowest BCUT2D eigenvalue weighted by Gasteiger charge is -2.38. The number of rotatable bonds is 7. The third-order valence-corrected chi connectivity index (χ3v) is 5.49. The van der Waals surface area contributed by atoms with E-state index in [0.717, 1.165) is 29.3 Å². The van der Waals surface area contributed by atoms with Crippen LogP contribution in [0.3, 0.4) is 0 Å². The lowest BCUT2D eigenvalue weighted by molar-refractivity contribution is -0.133. The lowest BCUT2D eigenvalue weighted by Crippen LogP contribution is -2.52. The van der Waals surface area contributed by atoms with Crippen molar-refractivity contribution < 1.29 is 14.7 Å². The molecule has 2 heterocycles. The summed E-state index contributed by atoms with van der Waals surface area (Å²) >= 11 is 1.49. The van der Waals surface area contributed by atoms with Gasteiger partial charge in [-0.05, 0) is 25.5 Å². The van der Waals surface area contributed by atoms with Gasteiger partial charge in [0.2, 0.25) is 5.91 Å². The molecule has 5 nitrogen and oxygen atoms in total. The van der Waals surface area contributed by atoms with E-state index < -0.39 is 0 Å². The number of carbonyl (C=O) groups is 2. The molecule has 1 aliphatic rings. The molecule has 1 unspecified atom stereocenters. The van der Waals surface area contributed by atoms with Crippen molar-refractivity contribution in [2.45, 2.75) is 39.2 Å². The number of aryl methyl sites for hydroxylation is 1. The zero-order valence-electron chi connectivity index (χ0n) is 14.0. The van der Waals surface area contributed by atoms with Gasteiger partial charge in [0.15, 0.2) is 5.78 Å². The molecule has 2 rings (SSSR count). The first-order chi connectivity index (χ1) is 11.0. The molecular formula is C17H26N2O3S. The number of ketones is 1. The minimum Gasteiger partial charge on any atom is -0.395 e. The van der Waals surface area contributed by atoms with E-state index in [1.54, 1.807) is 0 Å². The quantitative estimate of drug-likeness (QED) is 0.772. The molecule has 1 atom stereocenters. The Hall–Kier alpha value is -1.24. The molecule has 0 saturated carbocycles. The first-order valence-corrected chi connectivity index (χ1v) is 9.09. The highest BCUT2D eigenvalue weighted by atomic mass is 32.1. The number of hydrogen-bond donors (Lipinski definition) is 1. The number of carbonyl (C=O) groups excluding carboxylic acids is 2. The predicted octanol–water partition coefficient (Wildman–Crippen LogP) is 1.93. The second-order valence-corrected chi connectivity index (χ2v) is 7.28. The van der Waals surface area contributed by atoms with E-state index in [4.69, 9.17) is 0 Å². The van der Waals surface area contributed by atoms with E-state index in [0.29, 0.717) is 13.1 Å². The number of aliphatic hydroxyl groups excluding tert-OH is 1. The average Bonchev–Trinajstić information content (AvgIpc) is 3.00. The van der Waals surface area contributed by atoms with Gasteiger partial charge in [-0.2, -0.15) is 0 Å². The zero-order valence-corrected chi connectivity index (χ0v) is 14.8. The van der Waals surface area contributed by atoms with Crippen LogP contribution in [-0.2, 0) is 4.79 Å². The summed E-state index contributed by atoms with van der Waals surface area (Å²) in [6.07, 6.45) is 1.49. The molecule has 1 aromatic rings. The van der Waals surface area contributed by atoms with Crippen LogP contribution in [0, 0.1) is 6.92 Å². The molecular weight excluding hydrogens is 312 g/mol. The maximum Gasteiger partial charge on any atom is 0.223 e. The van der Waals surface area contributed by atoms with Crippen LogP contribution in [-0.4, -0.2) is 65.4 Å². The summed E-state index contributed by atoms with van der Waals surface area (Å²) in [5.41, 5.74) is 0. The third-order valence-electron chi connectivity index (χ3n) is 4.45. The molecule has 23 heavy (non-hydrogen) atoms. The number of aliphatic hydroxyl groups is 1. The smallest absolute Gasteiger partial charge is 0.223 e. The number of amides is 1. The Morgan fingerprint density at radius 1 is 1.22 bits per heavy atom. The van der Waals surface area contributed by atoms with E-state index in [1.165, 1.54) is 11.3 Å². The van der Waals surface area contributed by atoms with Gasteiger partial charge < -0.3 is 10.0 Å². The fraction of sp³-hybridized carbons (Fsp3) is 0.647. The highest BCUT2D eigenvalue weighted by Crippen LogP contribution is 2.18. The van der Waals surface area contributed by atoms with Gasteiger partial charge in [-0.15, -0.1) is 11.3 Å².